The molecule has 0 aliphatic heterocycles. The van der Waals surface area contributed by atoms with Crippen LogP contribution in [0.15, 0.2) is 59.7 Å². The molecule has 1 heterocycles. The molecule has 25 heavy (non-hydrogen) atoms. The standard InChI is InChI=1S/C20H19Cl2N3/c1-14-11-17(13-24-23-12-16-7-3-4-8-18(16)21)15(2)25(14)20-10-6-5-9-19(20)22/h3-11,13,23H,12H2,1-2H3/b24-13-. The molecule has 0 radical (unpaired) electrons. The summed E-state index contributed by atoms with van der Waals surface area (Å²) in [5.74, 6) is 0. The Bertz CT molecular complexity index is 913. The lowest BCUT2D eigenvalue weighted by Crippen LogP contribution is -2.06. The topological polar surface area (TPSA) is 29.3 Å². The summed E-state index contributed by atoms with van der Waals surface area (Å²) in [6.45, 7) is 4.70. The third-order valence-electron chi connectivity index (χ3n) is 4.09. The van der Waals surface area contributed by atoms with Crippen molar-refractivity contribution in [1.82, 2.24) is 9.99 Å². The Morgan fingerprint density at radius 1 is 1.00 bits per heavy atom. The van der Waals surface area contributed by atoms with E-state index in [4.69, 9.17) is 23.2 Å². The van der Waals surface area contributed by atoms with Crippen molar-refractivity contribution in [2.45, 2.75) is 20.4 Å². The van der Waals surface area contributed by atoms with Crippen LogP contribution in [0.3, 0.4) is 0 Å². The van der Waals surface area contributed by atoms with Crippen molar-refractivity contribution in [2.24, 2.45) is 5.10 Å². The smallest absolute Gasteiger partial charge is 0.0646 e. The van der Waals surface area contributed by atoms with E-state index < -0.39 is 0 Å². The van der Waals surface area contributed by atoms with Crippen molar-refractivity contribution in [2.75, 3.05) is 0 Å². The van der Waals surface area contributed by atoms with Gasteiger partial charge in [-0.05, 0) is 43.7 Å². The Morgan fingerprint density at radius 2 is 1.68 bits per heavy atom. The van der Waals surface area contributed by atoms with E-state index in [1.807, 2.05) is 54.7 Å². The number of para-hydroxylation sites is 1. The van der Waals surface area contributed by atoms with E-state index in [1.54, 1.807) is 0 Å². The summed E-state index contributed by atoms with van der Waals surface area (Å²) >= 11 is 12.5. The molecule has 128 valence electrons. The summed E-state index contributed by atoms with van der Waals surface area (Å²) in [5.41, 5.74) is 8.29. The molecule has 1 N–H and O–H groups in total. The highest BCUT2D eigenvalue weighted by atomic mass is 35.5. The molecule has 0 aliphatic carbocycles. The fourth-order valence-electron chi connectivity index (χ4n) is 2.81. The van der Waals surface area contributed by atoms with Gasteiger partial charge >= 0.3 is 0 Å². The monoisotopic (exact) mass is 371 g/mol. The van der Waals surface area contributed by atoms with Crippen LogP contribution < -0.4 is 5.43 Å². The molecular formula is C20H19Cl2N3. The molecule has 0 saturated carbocycles. The van der Waals surface area contributed by atoms with Crippen LogP contribution in [0.4, 0.5) is 0 Å². The molecule has 0 atom stereocenters. The van der Waals surface area contributed by atoms with E-state index in [-0.39, 0.29) is 0 Å². The Labute approximate surface area is 157 Å². The lowest BCUT2D eigenvalue weighted by atomic mass is 10.2. The SMILES string of the molecule is Cc1cc(/C=N\NCc2ccccc2Cl)c(C)n1-c1ccccc1Cl. The summed E-state index contributed by atoms with van der Waals surface area (Å²) in [4.78, 5) is 0. The van der Waals surface area contributed by atoms with Crippen LogP contribution in [-0.4, -0.2) is 10.8 Å². The second-order valence-electron chi connectivity index (χ2n) is 5.80. The zero-order chi connectivity index (χ0) is 17.8. The Hall–Kier alpha value is -2.23. The maximum atomic E-state index is 6.34. The molecule has 2 aromatic carbocycles. The fraction of sp³-hybridized carbons (Fsp3) is 0.150. The van der Waals surface area contributed by atoms with Crippen LogP contribution in [0.1, 0.15) is 22.5 Å². The number of hydrogen-bond acceptors (Lipinski definition) is 2. The first-order valence-electron chi connectivity index (χ1n) is 8.01. The van der Waals surface area contributed by atoms with Crippen LogP contribution in [0.25, 0.3) is 5.69 Å². The van der Waals surface area contributed by atoms with E-state index in [2.05, 4.69) is 35.0 Å². The van der Waals surface area contributed by atoms with Crippen LogP contribution in [-0.2, 0) is 6.54 Å². The molecule has 0 saturated heterocycles. The average Bonchev–Trinajstić information content (AvgIpc) is 2.88. The van der Waals surface area contributed by atoms with E-state index in [0.29, 0.717) is 6.54 Å². The highest BCUT2D eigenvalue weighted by Gasteiger charge is 2.11. The number of nitrogens with zero attached hydrogens (tertiary/aromatic N) is 2. The third kappa shape index (κ3) is 3.89. The number of nitrogens with one attached hydrogen (secondary N) is 1. The van der Waals surface area contributed by atoms with Crippen molar-refractivity contribution in [3.8, 4) is 5.69 Å². The minimum absolute atomic E-state index is 0.583. The van der Waals surface area contributed by atoms with Gasteiger partial charge in [-0.25, -0.2) is 0 Å². The van der Waals surface area contributed by atoms with Gasteiger partial charge in [0.05, 0.1) is 23.5 Å². The minimum atomic E-state index is 0.583. The average molecular weight is 372 g/mol. The molecule has 0 bridgehead atoms. The fourth-order valence-corrected chi connectivity index (χ4v) is 3.23. The van der Waals surface area contributed by atoms with Gasteiger partial charge in [0, 0.05) is 22.0 Å². The Balaban J connectivity index is 1.77. The largest absolute Gasteiger partial charge is 0.316 e. The highest BCUT2D eigenvalue weighted by Crippen LogP contribution is 2.25. The first-order chi connectivity index (χ1) is 12.1. The van der Waals surface area contributed by atoms with Crippen LogP contribution >= 0.6 is 23.2 Å². The van der Waals surface area contributed by atoms with E-state index in [1.165, 1.54) is 0 Å². The normalized spacial score (nSPS) is 11.2. The Kier molecular flexibility index (Phi) is 5.47. The van der Waals surface area contributed by atoms with Crippen molar-refractivity contribution >= 4 is 29.4 Å². The summed E-state index contributed by atoms with van der Waals surface area (Å²) in [6, 6.07) is 17.7. The summed E-state index contributed by atoms with van der Waals surface area (Å²) in [6.07, 6.45) is 1.83. The van der Waals surface area contributed by atoms with Gasteiger partial charge in [-0.3, -0.25) is 0 Å². The number of benzene rings is 2. The maximum Gasteiger partial charge on any atom is 0.0646 e. The molecule has 0 unspecified atom stereocenters. The number of rotatable bonds is 5. The molecule has 0 fully saturated rings. The number of halogens is 2. The first kappa shape index (κ1) is 17.6. The number of hydrogen-bond donors (Lipinski definition) is 1. The second-order valence-corrected chi connectivity index (χ2v) is 6.61. The predicted molar refractivity (Wildman–Crippen MR) is 106 cm³/mol. The number of hydrazone groups is 1. The van der Waals surface area contributed by atoms with Crippen molar-refractivity contribution < 1.29 is 0 Å². The van der Waals surface area contributed by atoms with Crippen LogP contribution in [0.5, 0.6) is 0 Å². The van der Waals surface area contributed by atoms with Crippen LogP contribution in [0, 0.1) is 13.8 Å². The van der Waals surface area contributed by atoms with Crippen LogP contribution in [0.2, 0.25) is 10.0 Å². The zero-order valence-corrected chi connectivity index (χ0v) is 15.6. The lowest BCUT2D eigenvalue weighted by molar-refractivity contribution is 0.748. The van der Waals surface area contributed by atoms with Gasteiger partial charge in [-0.2, -0.15) is 5.10 Å². The van der Waals surface area contributed by atoms with Crippen molar-refractivity contribution in [3.63, 3.8) is 0 Å². The second kappa shape index (κ2) is 7.77. The first-order valence-corrected chi connectivity index (χ1v) is 8.76. The Morgan fingerprint density at radius 3 is 2.40 bits per heavy atom. The van der Waals surface area contributed by atoms with Crippen molar-refractivity contribution in [1.29, 1.82) is 0 Å². The van der Waals surface area contributed by atoms with Gasteiger partial charge in [0.1, 0.15) is 0 Å². The molecule has 1 aromatic heterocycles. The molecule has 3 nitrogen and oxygen atoms in total. The quantitative estimate of drug-likeness (QED) is 0.463. The highest BCUT2D eigenvalue weighted by molar-refractivity contribution is 6.32. The molecule has 0 amide bonds. The predicted octanol–water partition coefficient (Wildman–Crippen LogP) is 5.52. The molecule has 0 aliphatic rings. The van der Waals surface area contributed by atoms with E-state index in [0.717, 1.165) is 38.2 Å². The molecule has 3 rings (SSSR count). The lowest BCUT2D eigenvalue weighted by Gasteiger charge is -2.11. The number of aryl methyl sites for hydroxylation is 1. The molecule has 3 aromatic rings. The minimum Gasteiger partial charge on any atom is -0.316 e. The van der Waals surface area contributed by atoms with Gasteiger partial charge in [0.25, 0.3) is 0 Å². The summed E-state index contributed by atoms with van der Waals surface area (Å²) < 4.78 is 2.14. The van der Waals surface area contributed by atoms with E-state index >= 15 is 0 Å². The maximum absolute atomic E-state index is 6.34. The van der Waals surface area contributed by atoms with Gasteiger partial charge < -0.3 is 9.99 Å². The molecule has 5 heteroatoms. The van der Waals surface area contributed by atoms with E-state index in [9.17, 15) is 0 Å². The summed E-state index contributed by atoms with van der Waals surface area (Å²) in [7, 11) is 0. The molecular weight excluding hydrogens is 353 g/mol. The van der Waals surface area contributed by atoms with Crippen molar-refractivity contribution in [3.05, 3.63) is 87.2 Å². The summed E-state index contributed by atoms with van der Waals surface area (Å²) in [5, 5.41) is 5.79. The van der Waals surface area contributed by atoms with Gasteiger partial charge in [0.15, 0.2) is 0 Å². The van der Waals surface area contributed by atoms with Gasteiger partial charge in [-0.1, -0.05) is 53.5 Å². The van der Waals surface area contributed by atoms with Gasteiger partial charge in [-0.15, -0.1) is 0 Å². The zero-order valence-electron chi connectivity index (χ0n) is 14.1. The third-order valence-corrected chi connectivity index (χ3v) is 4.77. The molecule has 0 spiro atoms. The van der Waals surface area contributed by atoms with Gasteiger partial charge in [0.2, 0.25) is 0 Å². The number of aromatic nitrogens is 1.